The van der Waals surface area contributed by atoms with Gasteiger partial charge in [0.1, 0.15) is 11.7 Å². The Hall–Kier alpha value is -3.10. The van der Waals surface area contributed by atoms with Gasteiger partial charge in [0.2, 0.25) is 0 Å². The molecule has 4 aromatic rings. The average Bonchev–Trinajstić information content (AvgIpc) is 3.29. The molecule has 0 saturated carbocycles. The van der Waals surface area contributed by atoms with Gasteiger partial charge >= 0.3 is 0 Å². The molecule has 1 unspecified atom stereocenters. The number of para-hydroxylation sites is 1. The van der Waals surface area contributed by atoms with E-state index in [2.05, 4.69) is 25.3 Å². The molecule has 10 heteroatoms. The fourth-order valence-electron chi connectivity index (χ4n) is 5.07. The average molecular weight is 593 g/mol. The van der Waals surface area contributed by atoms with Crippen LogP contribution >= 0.6 is 23.3 Å². The lowest BCUT2D eigenvalue weighted by molar-refractivity contribution is 0.0732. The second-order valence-corrected chi connectivity index (χ2v) is 12.9. The monoisotopic (exact) mass is 592 g/mol. The third kappa shape index (κ3) is 4.14. The normalized spacial score (nSPS) is 19.7. The number of morpholine rings is 1. The summed E-state index contributed by atoms with van der Waals surface area (Å²) in [6, 6.07) is 24.7. The lowest BCUT2D eigenvalue weighted by Gasteiger charge is -2.46. The van der Waals surface area contributed by atoms with E-state index in [1.807, 2.05) is 79.3 Å². The Labute approximate surface area is 229 Å². The number of amidine groups is 1. The Balaban J connectivity index is 1.74. The zero-order valence-electron chi connectivity index (χ0n) is 21.1. The Morgan fingerprint density at radius 1 is 0.947 bits per heavy atom. The van der Waals surface area contributed by atoms with Gasteiger partial charge in [-0.15, -0.1) is 0 Å². The van der Waals surface area contributed by atoms with E-state index in [0.717, 1.165) is 26.8 Å². The van der Waals surface area contributed by atoms with E-state index in [1.54, 1.807) is 12.1 Å². The van der Waals surface area contributed by atoms with E-state index in [0.29, 0.717) is 43.5 Å². The maximum atomic E-state index is 15.3. The smallest absolute Gasteiger partial charge is 0.170 e. The summed E-state index contributed by atoms with van der Waals surface area (Å²) < 4.78 is 33.9. The fourth-order valence-corrected chi connectivity index (χ4v) is 9.40. The van der Waals surface area contributed by atoms with E-state index in [9.17, 15) is 0 Å². The minimum absolute atomic E-state index is 0.329. The third-order valence-electron chi connectivity index (χ3n) is 6.84. The van der Waals surface area contributed by atoms with E-state index in [4.69, 9.17) is 19.6 Å². The zero-order chi connectivity index (χ0) is 26.3. The molecule has 0 aliphatic carbocycles. The topological polar surface area (TPSA) is 58.3 Å². The molecule has 3 heterocycles. The van der Waals surface area contributed by atoms with Crippen LogP contribution in [0.5, 0.6) is 0 Å². The number of hydrogen-bond donors (Lipinski definition) is 0. The van der Waals surface area contributed by atoms with E-state index in [1.165, 1.54) is 6.07 Å². The van der Waals surface area contributed by atoms with Gasteiger partial charge in [0.05, 0.1) is 41.2 Å². The first kappa shape index (κ1) is 25.2. The van der Waals surface area contributed by atoms with Gasteiger partial charge in [-0.05, 0) is 59.3 Å². The van der Waals surface area contributed by atoms with Crippen LogP contribution in [0.15, 0.2) is 93.1 Å². The molecule has 0 spiro atoms. The number of nitrogens with zero attached hydrogens (tertiary/aromatic N) is 6. The van der Waals surface area contributed by atoms with Gasteiger partial charge in [0.15, 0.2) is 13.2 Å². The highest BCUT2D eigenvalue weighted by atomic mass is 79.9. The van der Waals surface area contributed by atoms with Crippen LogP contribution in [0.2, 0.25) is 0 Å². The van der Waals surface area contributed by atoms with E-state index < -0.39 is 7.36 Å². The molecule has 0 amide bonds. The summed E-state index contributed by atoms with van der Waals surface area (Å²) in [6.07, 6.45) is 0. The standard InChI is InChI=1S/C28H27BrFN6OP/c1-20-26-28(36(32-20)21-10-4-3-5-11-21)31-27(22-12-6-8-14-24(22)30)34(2)38(26,35-16-18-37-19-17-35)33-25-15-9-7-13-23(25)29/h3-15H,16-19H2,1-2H3. The first-order valence-corrected chi connectivity index (χ1v) is 14.9. The van der Waals surface area contributed by atoms with Crippen LogP contribution in [0, 0.1) is 12.7 Å². The first-order chi connectivity index (χ1) is 18.5. The second-order valence-electron chi connectivity index (χ2n) is 9.13. The predicted octanol–water partition coefficient (Wildman–Crippen LogP) is 6.43. The van der Waals surface area contributed by atoms with Crippen molar-refractivity contribution in [3.8, 4) is 5.69 Å². The summed E-state index contributed by atoms with van der Waals surface area (Å²) in [5.41, 5.74) is 2.99. The van der Waals surface area contributed by atoms with Crippen LogP contribution in [0.3, 0.4) is 0 Å². The molecule has 6 rings (SSSR count). The second kappa shape index (κ2) is 10.2. The van der Waals surface area contributed by atoms with Crippen molar-refractivity contribution in [3.63, 3.8) is 0 Å². The van der Waals surface area contributed by atoms with Crippen LogP contribution in [-0.4, -0.2) is 58.3 Å². The van der Waals surface area contributed by atoms with Gasteiger partial charge in [0, 0.05) is 24.6 Å². The number of aryl methyl sites for hydroxylation is 1. The molecule has 1 saturated heterocycles. The SMILES string of the molecule is Cc1nn(-c2ccccc2)c2c1P(=Nc1ccccc1Br)(N1CCOCC1)N(C)C(c1ccccc1F)=N2. The van der Waals surface area contributed by atoms with Crippen molar-refractivity contribution in [2.45, 2.75) is 6.92 Å². The molecule has 7 nitrogen and oxygen atoms in total. The maximum absolute atomic E-state index is 15.3. The van der Waals surface area contributed by atoms with Gasteiger partial charge in [-0.3, -0.25) is 0 Å². The number of benzene rings is 3. The zero-order valence-corrected chi connectivity index (χ0v) is 23.6. The van der Waals surface area contributed by atoms with Crippen molar-refractivity contribution in [1.82, 2.24) is 19.1 Å². The first-order valence-electron chi connectivity index (χ1n) is 12.4. The van der Waals surface area contributed by atoms with Gasteiger partial charge in [0.25, 0.3) is 0 Å². The molecule has 0 N–H and O–H groups in total. The van der Waals surface area contributed by atoms with Gasteiger partial charge in [-0.2, -0.15) is 5.10 Å². The van der Waals surface area contributed by atoms with Crippen LogP contribution in [0.4, 0.5) is 15.9 Å². The van der Waals surface area contributed by atoms with Crippen LogP contribution in [0.25, 0.3) is 5.69 Å². The van der Waals surface area contributed by atoms with Crippen molar-refractivity contribution in [1.29, 1.82) is 0 Å². The lowest BCUT2D eigenvalue weighted by atomic mass is 10.2. The molecule has 2 aliphatic rings. The van der Waals surface area contributed by atoms with E-state index in [-0.39, 0.29) is 5.82 Å². The van der Waals surface area contributed by atoms with Gasteiger partial charge < -0.3 is 9.41 Å². The maximum Gasteiger partial charge on any atom is 0.170 e. The summed E-state index contributed by atoms with van der Waals surface area (Å²) >= 11 is 3.71. The summed E-state index contributed by atoms with van der Waals surface area (Å²) in [4.78, 5) is 5.11. The Kier molecular flexibility index (Phi) is 6.78. The number of aromatic nitrogens is 2. The molecule has 1 fully saturated rings. The number of rotatable bonds is 4. The molecule has 1 atom stereocenters. The van der Waals surface area contributed by atoms with Crippen molar-refractivity contribution in [2.24, 2.45) is 9.74 Å². The highest BCUT2D eigenvalue weighted by molar-refractivity contribution is 9.10. The summed E-state index contributed by atoms with van der Waals surface area (Å²) in [6.45, 7) is 4.57. The molecule has 0 bridgehead atoms. The van der Waals surface area contributed by atoms with E-state index >= 15 is 4.39 Å². The molecule has 2 aliphatic heterocycles. The Morgan fingerprint density at radius 2 is 1.63 bits per heavy atom. The minimum Gasteiger partial charge on any atom is -0.379 e. The van der Waals surface area contributed by atoms with Crippen molar-refractivity contribution in [3.05, 3.63) is 100 Å². The van der Waals surface area contributed by atoms with Gasteiger partial charge in [-0.25, -0.2) is 23.5 Å². The molecule has 3 aromatic carbocycles. The number of fused-ring (bicyclic) bond motifs is 1. The van der Waals surface area contributed by atoms with Crippen LogP contribution in [-0.2, 0) is 4.74 Å². The van der Waals surface area contributed by atoms with Gasteiger partial charge in [-0.1, -0.05) is 42.5 Å². The Morgan fingerprint density at radius 3 is 2.37 bits per heavy atom. The van der Waals surface area contributed by atoms with Crippen LogP contribution < -0.4 is 5.30 Å². The molecule has 1 aromatic heterocycles. The number of hydrogen-bond acceptors (Lipinski definition) is 4. The number of aliphatic imine (C=N–C) groups is 1. The largest absolute Gasteiger partial charge is 0.379 e. The Bertz CT molecular complexity index is 1580. The lowest BCUT2D eigenvalue weighted by Crippen LogP contribution is -2.45. The molecular formula is C28H27BrFN6OP. The fraction of sp³-hybridized carbons (Fsp3) is 0.214. The quantitative estimate of drug-likeness (QED) is 0.256. The summed E-state index contributed by atoms with van der Waals surface area (Å²) in [5, 5.41) is 5.96. The molecule has 0 radical (unpaired) electrons. The third-order valence-corrected chi connectivity index (χ3v) is 11.3. The summed E-state index contributed by atoms with van der Waals surface area (Å²) in [5.74, 6) is 0.883. The van der Waals surface area contributed by atoms with Crippen molar-refractivity contribution in [2.75, 3.05) is 33.4 Å². The van der Waals surface area contributed by atoms with Crippen molar-refractivity contribution < 1.29 is 9.13 Å². The summed E-state index contributed by atoms with van der Waals surface area (Å²) in [7, 11) is -0.790. The molecular weight excluding hydrogens is 566 g/mol. The molecule has 38 heavy (non-hydrogen) atoms. The number of halogens is 2. The van der Waals surface area contributed by atoms with Crippen LogP contribution in [0.1, 0.15) is 11.3 Å². The molecule has 194 valence electrons. The predicted molar refractivity (Wildman–Crippen MR) is 154 cm³/mol. The van der Waals surface area contributed by atoms with Crippen molar-refractivity contribution >= 4 is 45.9 Å². The highest BCUT2D eigenvalue weighted by Crippen LogP contribution is 2.62. The number of ether oxygens (including phenoxy) is 1. The minimum atomic E-state index is -2.77. The highest BCUT2D eigenvalue weighted by Gasteiger charge is 2.46.